The number of aliphatic carboxylic acids is 1. The average Bonchev–Trinajstić information content (AvgIpc) is 3.05. The predicted molar refractivity (Wildman–Crippen MR) is 66.5 cm³/mol. The van der Waals surface area contributed by atoms with Gasteiger partial charge in [0.05, 0.1) is 0 Å². The Hall–Kier alpha value is -1.78. The van der Waals surface area contributed by atoms with E-state index in [0.29, 0.717) is 18.3 Å². The van der Waals surface area contributed by atoms with Crippen LogP contribution in [0.2, 0.25) is 0 Å². The van der Waals surface area contributed by atoms with Crippen molar-refractivity contribution in [3.63, 3.8) is 0 Å². The maximum atomic E-state index is 12.3. The van der Waals surface area contributed by atoms with Gasteiger partial charge in [-0.05, 0) is 31.4 Å². The summed E-state index contributed by atoms with van der Waals surface area (Å²) in [5.74, 6) is -1.16. The Balaban J connectivity index is 2.15. The van der Waals surface area contributed by atoms with Crippen molar-refractivity contribution in [1.82, 2.24) is 9.47 Å². The van der Waals surface area contributed by atoms with Crippen LogP contribution in [-0.4, -0.2) is 39.5 Å². The second-order valence-electron chi connectivity index (χ2n) is 4.65. The van der Waals surface area contributed by atoms with Crippen LogP contribution < -0.4 is 0 Å². The quantitative estimate of drug-likeness (QED) is 0.836. The van der Waals surface area contributed by atoms with E-state index >= 15 is 0 Å². The molecule has 0 bridgehead atoms. The summed E-state index contributed by atoms with van der Waals surface area (Å²) in [6, 6.07) is 4.04. The third-order valence-electron chi connectivity index (χ3n) is 3.05. The van der Waals surface area contributed by atoms with Gasteiger partial charge in [0.2, 0.25) is 0 Å². The Morgan fingerprint density at radius 3 is 2.78 bits per heavy atom. The van der Waals surface area contributed by atoms with Crippen molar-refractivity contribution in [2.75, 3.05) is 13.1 Å². The Morgan fingerprint density at radius 2 is 2.22 bits per heavy atom. The molecule has 5 heteroatoms. The van der Waals surface area contributed by atoms with Crippen molar-refractivity contribution in [1.29, 1.82) is 0 Å². The highest BCUT2D eigenvalue weighted by molar-refractivity contribution is 5.94. The lowest BCUT2D eigenvalue weighted by molar-refractivity contribution is -0.137. The van der Waals surface area contributed by atoms with Crippen LogP contribution in [0.15, 0.2) is 18.3 Å². The lowest BCUT2D eigenvalue weighted by atomic mass is 10.3. The van der Waals surface area contributed by atoms with E-state index < -0.39 is 5.97 Å². The van der Waals surface area contributed by atoms with Crippen LogP contribution in [0.3, 0.4) is 0 Å². The number of amides is 1. The number of rotatable bonds is 6. The topological polar surface area (TPSA) is 62.5 Å². The molecule has 1 aliphatic carbocycles. The van der Waals surface area contributed by atoms with Gasteiger partial charge in [-0.15, -0.1) is 0 Å². The first-order valence-electron chi connectivity index (χ1n) is 6.31. The number of hydrogen-bond acceptors (Lipinski definition) is 2. The second kappa shape index (κ2) is 5.25. The molecule has 1 saturated carbocycles. The highest BCUT2D eigenvalue weighted by Crippen LogP contribution is 2.36. The van der Waals surface area contributed by atoms with Crippen LogP contribution in [0.1, 0.15) is 42.7 Å². The van der Waals surface area contributed by atoms with Crippen molar-refractivity contribution in [2.24, 2.45) is 0 Å². The van der Waals surface area contributed by atoms with E-state index in [1.165, 1.54) is 4.90 Å². The molecule has 18 heavy (non-hydrogen) atoms. The van der Waals surface area contributed by atoms with Gasteiger partial charge in [-0.2, -0.15) is 0 Å². The predicted octanol–water partition coefficient (Wildman–Crippen LogP) is 1.76. The highest BCUT2D eigenvalue weighted by atomic mass is 16.4. The molecule has 1 aromatic rings. The minimum absolute atomic E-state index is 0.184. The van der Waals surface area contributed by atoms with Crippen molar-refractivity contribution in [3.8, 4) is 0 Å². The SMILES string of the molecule is CCCN(CC(=O)O)C(=O)c1cccn1C1CC1. The zero-order valence-corrected chi connectivity index (χ0v) is 10.5. The molecule has 0 aliphatic heterocycles. The van der Waals surface area contributed by atoms with E-state index in [9.17, 15) is 9.59 Å². The van der Waals surface area contributed by atoms with E-state index in [4.69, 9.17) is 5.11 Å². The van der Waals surface area contributed by atoms with Crippen LogP contribution in [0.5, 0.6) is 0 Å². The lowest BCUT2D eigenvalue weighted by Gasteiger charge is -2.20. The summed E-state index contributed by atoms with van der Waals surface area (Å²) >= 11 is 0. The molecule has 1 heterocycles. The third kappa shape index (κ3) is 2.72. The number of nitrogens with zero attached hydrogens (tertiary/aromatic N) is 2. The Morgan fingerprint density at radius 1 is 1.50 bits per heavy atom. The third-order valence-corrected chi connectivity index (χ3v) is 3.05. The van der Waals surface area contributed by atoms with E-state index in [1.807, 2.05) is 23.8 Å². The molecule has 0 spiro atoms. The van der Waals surface area contributed by atoms with Crippen molar-refractivity contribution >= 4 is 11.9 Å². The van der Waals surface area contributed by atoms with E-state index in [1.54, 1.807) is 6.07 Å². The number of aromatic nitrogens is 1. The number of carboxylic acid groups (broad SMARTS) is 1. The molecule has 0 unspecified atom stereocenters. The van der Waals surface area contributed by atoms with Crippen LogP contribution in [-0.2, 0) is 4.79 Å². The normalized spacial score (nSPS) is 14.5. The van der Waals surface area contributed by atoms with Crippen molar-refractivity contribution < 1.29 is 14.7 Å². The molecule has 1 aliphatic rings. The minimum Gasteiger partial charge on any atom is -0.480 e. The molecule has 98 valence electrons. The Labute approximate surface area is 106 Å². The fourth-order valence-corrected chi connectivity index (χ4v) is 2.09. The van der Waals surface area contributed by atoms with Crippen LogP contribution in [0.25, 0.3) is 0 Å². The molecule has 0 atom stereocenters. The van der Waals surface area contributed by atoms with Crippen molar-refractivity contribution in [2.45, 2.75) is 32.2 Å². The van der Waals surface area contributed by atoms with Gasteiger partial charge in [0.1, 0.15) is 12.2 Å². The fraction of sp³-hybridized carbons (Fsp3) is 0.538. The average molecular weight is 250 g/mol. The first-order valence-corrected chi connectivity index (χ1v) is 6.31. The number of hydrogen-bond donors (Lipinski definition) is 1. The van der Waals surface area contributed by atoms with E-state index in [-0.39, 0.29) is 12.5 Å². The summed E-state index contributed by atoms with van der Waals surface area (Å²) in [4.78, 5) is 24.5. The Kier molecular flexibility index (Phi) is 3.69. The van der Waals surface area contributed by atoms with Crippen LogP contribution in [0, 0.1) is 0 Å². The van der Waals surface area contributed by atoms with Gasteiger partial charge < -0.3 is 14.6 Å². The van der Waals surface area contributed by atoms with E-state index in [2.05, 4.69) is 0 Å². The first-order chi connectivity index (χ1) is 8.63. The van der Waals surface area contributed by atoms with Gasteiger partial charge in [-0.25, -0.2) is 0 Å². The van der Waals surface area contributed by atoms with Gasteiger partial charge in [-0.1, -0.05) is 6.92 Å². The zero-order valence-electron chi connectivity index (χ0n) is 10.5. The summed E-state index contributed by atoms with van der Waals surface area (Å²) in [6.07, 6.45) is 4.85. The summed E-state index contributed by atoms with van der Waals surface area (Å²) < 4.78 is 1.97. The maximum absolute atomic E-state index is 12.3. The summed E-state index contributed by atoms with van der Waals surface area (Å²) in [5.41, 5.74) is 0.604. The molecular formula is C13H18N2O3. The summed E-state index contributed by atoms with van der Waals surface area (Å²) in [5, 5.41) is 8.85. The summed E-state index contributed by atoms with van der Waals surface area (Å²) in [7, 11) is 0. The smallest absolute Gasteiger partial charge is 0.323 e. The highest BCUT2D eigenvalue weighted by Gasteiger charge is 2.28. The molecule has 0 saturated heterocycles. The first kappa shape index (κ1) is 12.7. The molecule has 0 radical (unpaired) electrons. The lowest BCUT2D eigenvalue weighted by Crippen LogP contribution is -2.37. The summed E-state index contributed by atoms with van der Waals surface area (Å²) in [6.45, 7) is 2.17. The van der Waals surface area contributed by atoms with Gasteiger partial charge >= 0.3 is 5.97 Å². The molecule has 1 aromatic heterocycles. The molecule has 1 fully saturated rings. The molecule has 1 amide bonds. The van der Waals surface area contributed by atoms with Crippen molar-refractivity contribution in [3.05, 3.63) is 24.0 Å². The molecular weight excluding hydrogens is 232 g/mol. The Bertz CT molecular complexity index is 449. The standard InChI is InChI=1S/C13H18N2O3/c1-2-7-14(9-12(16)17)13(18)11-4-3-8-15(11)10-5-6-10/h3-4,8,10H,2,5-7,9H2,1H3,(H,16,17). The maximum Gasteiger partial charge on any atom is 0.323 e. The van der Waals surface area contributed by atoms with Gasteiger partial charge in [0, 0.05) is 18.8 Å². The fourth-order valence-electron chi connectivity index (χ4n) is 2.09. The number of carboxylic acids is 1. The van der Waals surface area contributed by atoms with Gasteiger partial charge in [-0.3, -0.25) is 9.59 Å². The van der Waals surface area contributed by atoms with Gasteiger partial charge in [0.15, 0.2) is 0 Å². The van der Waals surface area contributed by atoms with E-state index in [0.717, 1.165) is 19.3 Å². The zero-order chi connectivity index (χ0) is 13.1. The van der Waals surface area contributed by atoms with Gasteiger partial charge in [0.25, 0.3) is 5.91 Å². The largest absolute Gasteiger partial charge is 0.480 e. The monoisotopic (exact) mass is 250 g/mol. The molecule has 1 N–H and O–H groups in total. The second-order valence-corrected chi connectivity index (χ2v) is 4.65. The minimum atomic E-state index is -0.971. The number of carbonyl (C=O) groups is 2. The molecule has 2 rings (SSSR count). The molecule has 5 nitrogen and oxygen atoms in total. The molecule has 0 aromatic carbocycles. The number of carbonyl (C=O) groups excluding carboxylic acids is 1. The van der Waals surface area contributed by atoms with Crippen LogP contribution >= 0.6 is 0 Å². The van der Waals surface area contributed by atoms with Crippen LogP contribution in [0.4, 0.5) is 0 Å².